The van der Waals surface area contributed by atoms with Crippen LogP contribution in [-0.4, -0.2) is 48.1 Å². The van der Waals surface area contributed by atoms with Crippen LogP contribution in [0.25, 0.3) is 0 Å². The molecule has 2 aliphatic rings. The van der Waals surface area contributed by atoms with E-state index in [9.17, 15) is 0 Å². The third kappa shape index (κ3) is 3.39. The molecule has 1 heterocycles. The lowest BCUT2D eigenvalue weighted by atomic mass is 9.91. The second-order valence-electron chi connectivity index (χ2n) is 5.97. The Hall–Kier alpha value is 0.270. The van der Waals surface area contributed by atoms with Crippen LogP contribution in [0.5, 0.6) is 0 Å². The topological polar surface area (TPSA) is 15.3 Å². The van der Waals surface area contributed by atoms with Gasteiger partial charge in [-0.25, -0.2) is 0 Å². The lowest BCUT2D eigenvalue weighted by Crippen LogP contribution is -2.63. The van der Waals surface area contributed by atoms with Crippen molar-refractivity contribution in [3.05, 3.63) is 0 Å². The van der Waals surface area contributed by atoms with Gasteiger partial charge in [0, 0.05) is 24.7 Å². The summed E-state index contributed by atoms with van der Waals surface area (Å²) in [5, 5.41) is 3.80. The van der Waals surface area contributed by atoms with Gasteiger partial charge in [-0.05, 0) is 57.1 Å². The fraction of sp³-hybridized carbons (Fsp3) is 1.00. The molecule has 100 valence electrons. The predicted octanol–water partition coefficient (Wildman–Crippen LogP) is 2.59. The molecule has 2 rings (SSSR count). The predicted molar refractivity (Wildman–Crippen MR) is 77.8 cm³/mol. The van der Waals surface area contributed by atoms with E-state index in [-0.39, 0.29) is 0 Å². The summed E-state index contributed by atoms with van der Waals surface area (Å²) < 4.78 is 0. The Morgan fingerprint density at radius 1 is 1.41 bits per heavy atom. The van der Waals surface area contributed by atoms with Crippen LogP contribution >= 0.6 is 11.8 Å². The fourth-order valence-corrected chi connectivity index (χ4v) is 3.33. The summed E-state index contributed by atoms with van der Waals surface area (Å²) in [5.41, 5.74) is 0.393. The monoisotopic (exact) mass is 256 g/mol. The van der Waals surface area contributed by atoms with Crippen molar-refractivity contribution in [2.75, 3.05) is 31.6 Å². The van der Waals surface area contributed by atoms with E-state index in [1.165, 1.54) is 51.1 Å². The average molecular weight is 256 g/mol. The van der Waals surface area contributed by atoms with Gasteiger partial charge < -0.3 is 5.32 Å². The summed E-state index contributed by atoms with van der Waals surface area (Å²) >= 11 is 1.98. The van der Waals surface area contributed by atoms with Gasteiger partial charge in [0.1, 0.15) is 0 Å². The van der Waals surface area contributed by atoms with Crippen LogP contribution in [0.15, 0.2) is 0 Å². The van der Waals surface area contributed by atoms with Crippen LogP contribution in [0, 0.1) is 5.92 Å². The highest BCUT2D eigenvalue weighted by atomic mass is 32.2. The van der Waals surface area contributed by atoms with Gasteiger partial charge in [0.15, 0.2) is 0 Å². The summed E-state index contributed by atoms with van der Waals surface area (Å²) in [6.07, 6.45) is 7.73. The Morgan fingerprint density at radius 2 is 2.18 bits per heavy atom. The van der Waals surface area contributed by atoms with Crippen LogP contribution in [0.1, 0.15) is 39.5 Å². The molecule has 17 heavy (non-hydrogen) atoms. The van der Waals surface area contributed by atoms with Gasteiger partial charge in [-0.3, -0.25) is 4.90 Å². The van der Waals surface area contributed by atoms with Gasteiger partial charge >= 0.3 is 0 Å². The molecule has 2 unspecified atom stereocenters. The number of thioether (sulfide) groups is 1. The van der Waals surface area contributed by atoms with Crippen molar-refractivity contribution >= 4 is 11.8 Å². The Bertz CT molecular complexity index is 242. The van der Waals surface area contributed by atoms with Crippen molar-refractivity contribution in [3.63, 3.8) is 0 Å². The average Bonchev–Trinajstić information content (AvgIpc) is 3.16. The molecule has 0 bridgehead atoms. The fourth-order valence-electron chi connectivity index (χ4n) is 2.91. The second kappa shape index (κ2) is 5.94. The third-order valence-electron chi connectivity index (χ3n) is 4.65. The van der Waals surface area contributed by atoms with Crippen molar-refractivity contribution in [2.24, 2.45) is 5.92 Å². The molecule has 0 radical (unpaired) electrons. The summed E-state index contributed by atoms with van der Waals surface area (Å²) in [5.74, 6) is 2.29. The summed E-state index contributed by atoms with van der Waals surface area (Å²) in [6, 6.07) is 0.781. The van der Waals surface area contributed by atoms with Crippen LogP contribution in [0.2, 0.25) is 0 Å². The Balaban J connectivity index is 1.89. The van der Waals surface area contributed by atoms with Crippen LogP contribution in [-0.2, 0) is 0 Å². The molecular formula is C14H28N2S. The van der Waals surface area contributed by atoms with Crippen LogP contribution in [0.4, 0.5) is 0 Å². The van der Waals surface area contributed by atoms with Gasteiger partial charge in [0.25, 0.3) is 0 Å². The lowest BCUT2D eigenvalue weighted by molar-refractivity contribution is 0.0445. The molecule has 2 nitrogen and oxygen atoms in total. The van der Waals surface area contributed by atoms with E-state index in [2.05, 4.69) is 30.3 Å². The molecule has 0 spiro atoms. The van der Waals surface area contributed by atoms with Gasteiger partial charge in [-0.1, -0.05) is 6.92 Å². The Labute approximate surface area is 111 Å². The van der Waals surface area contributed by atoms with E-state index in [1.54, 1.807) is 0 Å². The van der Waals surface area contributed by atoms with E-state index in [0.29, 0.717) is 5.54 Å². The minimum atomic E-state index is 0.393. The molecule has 0 amide bonds. The molecule has 1 saturated heterocycles. The maximum atomic E-state index is 3.80. The highest BCUT2D eigenvalue weighted by Gasteiger charge is 2.41. The molecule has 3 heteroatoms. The zero-order valence-electron chi connectivity index (χ0n) is 11.7. The normalized spacial score (nSPS) is 35.1. The first kappa shape index (κ1) is 13.7. The maximum absolute atomic E-state index is 3.80. The molecule has 1 aliphatic carbocycles. The van der Waals surface area contributed by atoms with E-state index < -0.39 is 0 Å². The molecular weight excluding hydrogens is 228 g/mol. The SMILES string of the molecule is CCC1(C)CNC(C2CC2)CN1CCCSC. The third-order valence-corrected chi connectivity index (χ3v) is 5.35. The summed E-state index contributed by atoms with van der Waals surface area (Å²) in [4.78, 5) is 2.77. The number of nitrogens with one attached hydrogen (secondary N) is 1. The highest BCUT2D eigenvalue weighted by molar-refractivity contribution is 7.98. The second-order valence-corrected chi connectivity index (χ2v) is 6.95. The quantitative estimate of drug-likeness (QED) is 0.735. The first-order valence-corrected chi connectivity index (χ1v) is 8.56. The molecule has 0 aromatic rings. The number of rotatable bonds is 6. The van der Waals surface area contributed by atoms with Crippen molar-refractivity contribution in [2.45, 2.75) is 51.1 Å². The molecule has 1 saturated carbocycles. The minimum Gasteiger partial charge on any atom is -0.311 e. The first-order chi connectivity index (χ1) is 8.19. The zero-order chi connectivity index (χ0) is 12.3. The summed E-state index contributed by atoms with van der Waals surface area (Å²) in [7, 11) is 0. The van der Waals surface area contributed by atoms with E-state index in [1.807, 2.05) is 11.8 Å². The van der Waals surface area contributed by atoms with E-state index in [0.717, 1.165) is 12.0 Å². The standard InChI is InChI=1S/C14H28N2S/c1-4-14(2)11-15-13(12-6-7-12)10-16(14)8-5-9-17-3/h12-13,15H,4-11H2,1-3H3. The number of hydrogen-bond acceptors (Lipinski definition) is 3. The van der Waals surface area contributed by atoms with Gasteiger partial charge in [-0.15, -0.1) is 0 Å². The molecule has 2 atom stereocenters. The maximum Gasteiger partial charge on any atom is 0.0303 e. The van der Waals surface area contributed by atoms with Gasteiger partial charge in [0.05, 0.1) is 0 Å². The van der Waals surface area contributed by atoms with Gasteiger partial charge in [-0.2, -0.15) is 11.8 Å². The molecule has 2 fully saturated rings. The van der Waals surface area contributed by atoms with Crippen molar-refractivity contribution < 1.29 is 0 Å². The highest BCUT2D eigenvalue weighted by Crippen LogP contribution is 2.36. The molecule has 1 aliphatic heterocycles. The van der Waals surface area contributed by atoms with E-state index in [4.69, 9.17) is 0 Å². The van der Waals surface area contributed by atoms with Crippen molar-refractivity contribution in [3.8, 4) is 0 Å². The van der Waals surface area contributed by atoms with Crippen molar-refractivity contribution in [1.29, 1.82) is 0 Å². The van der Waals surface area contributed by atoms with Crippen molar-refractivity contribution in [1.82, 2.24) is 10.2 Å². The smallest absolute Gasteiger partial charge is 0.0303 e. The zero-order valence-corrected chi connectivity index (χ0v) is 12.5. The van der Waals surface area contributed by atoms with E-state index >= 15 is 0 Å². The molecule has 0 aromatic carbocycles. The molecule has 0 aromatic heterocycles. The van der Waals surface area contributed by atoms with Crippen LogP contribution in [0.3, 0.4) is 0 Å². The Morgan fingerprint density at radius 3 is 2.76 bits per heavy atom. The van der Waals surface area contributed by atoms with Gasteiger partial charge in [0.2, 0.25) is 0 Å². The lowest BCUT2D eigenvalue weighted by Gasteiger charge is -2.48. The summed E-state index contributed by atoms with van der Waals surface area (Å²) in [6.45, 7) is 8.52. The number of nitrogens with zero attached hydrogens (tertiary/aromatic N) is 1. The van der Waals surface area contributed by atoms with Crippen LogP contribution < -0.4 is 5.32 Å². The first-order valence-electron chi connectivity index (χ1n) is 7.17. The molecule has 1 N–H and O–H groups in total. The number of hydrogen-bond donors (Lipinski definition) is 1. The Kier molecular flexibility index (Phi) is 4.79. The number of piperazine rings is 1. The minimum absolute atomic E-state index is 0.393. The largest absolute Gasteiger partial charge is 0.311 e.